The van der Waals surface area contributed by atoms with Crippen LogP contribution in [0.5, 0.6) is 0 Å². The van der Waals surface area contributed by atoms with E-state index in [0.29, 0.717) is 44.5 Å². The van der Waals surface area contributed by atoms with Crippen LogP contribution in [0, 0.1) is 63.2 Å². The number of halogens is 2. The Labute approximate surface area is 524 Å². The Bertz CT molecular complexity index is 3490. The molecule has 0 fully saturated rings. The lowest BCUT2D eigenvalue weighted by Crippen LogP contribution is -3.61. The third-order valence-corrected chi connectivity index (χ3v) is 18.1. The van der Waals surface area contributed by atoms with Gasteiger partial charge in [-0.2, -0.15) is 0 Å². The molecule has 0 spiro atoms. The van der Waals surface area contributed by atoms with Crippen LogP contribution in [-0.4, -0.2) is 17.7 Å². The lowest BCUT2D eigenvalue weighted by Gasteiger charge is -2.18. The van der Waals surface area contributed by atoms with Gasteiger partial charge in [-0.3, -0.25) is 11.7 Å². The first-order chi connectivity index (χ1) is 39.6. The molecule has 2 aliphatic rings. The number of nitriles is 2. The molecule has 0 aromatic heterocycles. The van der Waals surface area contributed by atoms with Crippen molar-refractivity contribution in [3.05, 3.63) is 296 Å². The number of quaternary nitrogens is 1. The van der Waals surface area contributed by atoms with Gasteiger partial charge in [0.1, 0.15) is 0 Å². The topological polar surface area (TPSA) is 186 Å². The fraction of sp³-hybridized carbons (Fsp3) is 0.236. The molecule has 0 radical (unpaired) electrons. The zero-order chi connectivity index (χ0) is 62.6. The molecule has 0 unspecified atom stereocenters. The summed E-state index contributed by atoms with van der Waals surface area (Å²) in [5.74, 6) is 2.60. The van der Waals surface area contributed by atoms with Crippen molar-refractivity contribution in [2.45, 2.75) is 112 Å². The molecule has 0 amide bonds. The molecule has 85 heavy (non-hydrogen) atoms. The molecule has 0 aliphatic heterocycles. The van der Waals surface area contributed by atoms with Crippen LogP contribution in [0.1, 0.15) is 135 Å². The van der Waals surface area contributed by atoms with Gasteiger partial charge in [0.05, 0.1) is 38.4 Å². The number of allylic oxidation sites excluding steroid dienone is 8. The molecular formula is C72H69I2N9O2. The highest BCUT2D eigenvalue weighted by Gasteiger charge is 2.26. The highest BCUT2D eigenvalue weighted by Crippen LogP contribution is 2.42. The quantitative estimate of drug-likeness (QED) is 0.0753. The highest BCUT2D eigenvalue weighted by molar-refractivity contribution is 6.07. The summed E-state index contributed by atoms with van der Waals surface area (Å²) < 4.78 is 5.96. The maximum atomic E-state index is 8.97. The van der Waals surface area contributed by atoms with Crippen LogP contribution in [0.2, 0.25) is 0 Å². The van der Waals surface area contributed by atoms with Crippen molar-refractivity contribution >= 4 is 40.0 Å². The number of nitrogens with zero attached hydrogens (tertiary/aromatic N) is 8. The van der Waals surface area contributed by atoms with Crippen molar-refractivity contribution in [1.82, 2.24) is 6.15 Å². The number of carboxylic acid groups (broad SMARTS) is 1. The summed E-state index contributed by atoms with van der Waals surface area (Å²) in [5, 5.41) is 44.8. The Kier molecular flexibility index (Phi) is 26.1. The average molecular weight is 1350 g/mol. The van der Waals surface area contributed by atoms with Gasteiger partial charge in [-0.1, -0.05) is 192 Å². The fourth-order valence-corrected chi connectivity index (χ4v) is 12.5. The largest absolute Gasteiger partial charge is 0.775 e. The second-order valence-electron chi connectivity index (χ2n) is 23.0. The molecule has 2 aliphatic carbocycles. The van der Waals surface area contributed by atoms with E-state index in [-0.39, 0.29) is 93.0 Å². The third-order valence-electron chi connectivity index (χ3n) is 12.8. The Morgan fingerprint density at radius 3 is 0.835 bits per heavy atom. The second-order valence-corrected chi connectivity index (χ2v) is 29.1. The first kappa shape index (κ1) is 70.3. The molecule has 13 heteroatoms. The van der Waals surface area contributed by atoms with E-state index in [0.717, 1.165) is 6.92 Å². The predicted octanol–water partition coefficient (Wildman–Crippen LogP) is 10.5. The van der Waals surface area contributed by atoms with E-state index < -0.39 is 5.97 Å². The van der Waals surface area contributed by atoms with Gasteiger partial charge in [0.2, 0.25) is 11.4 Å². The monoisotopic (exact) mass is 1350 g/mol. The first-order valence-corrected chi connectivity index (χ1v) is 30.8. The van der Waals surface area contributed by atoms with E-state index in [1.807, 2.05) is 23.9 Å². The smallest absolute Gasteiger partial charge is 0.357 e. The summed E-state index contributed by atoms with van der Waals surface area (Å²) in [6.45, 7) is 56.2. The molecular weight excluding hydrogens is 1280 g/mol. The number of fused-ring (bicyclic) bond motifs is 2. The Morgan fingerprint density at radius 2 is 0.659 bits per heavy atom. The summed E-state index contributed by atoms with van der Waals surface area (Å²) >= 11 is -0.141. The van der Waals surface area contributed by atoms with E-state index in [4.69, 9.17) is 57.5 Å². The van der Waals surface area contributed by atoms with E-state index >= 15 is 0 Å². The summed E-state index contributed by atoms with van der Waals surface area (Å²) in [5.41, 5.74) is 11.2. The second kappa shape index (κ2) is 31.6. The molecule has 6 aromatic rings. The molecule has 11 nitrogen and oxygen atoms in total. The third kappa shape index (κ3) is 20.1. The number of hydrogen-bond donors (Lipinski definition) is 1. The summed E-state index contributed by atoms with van der Waals surface area (Å²) in [6, 6.07) is 54.7. The standard InChI is InChI=1S/2C20H26I.2C15H5N4.C2H4O2.H3N/c2*1-19(2,3)15-7-11-17(12-8-15)21-18-13-9-16(10-14-18)20(4,5)6;2*1-18-14(8-16)12-7-13(15(9-17)19-2)11-6-4-3-5-10(11)12;1-2(3)4;/h2*7-14H,1-6H3;2*3-7H;1H3,(H,3,4);1H3/q2*+1;2*-1;;/b;;2*14-12-;;. The molecule has 4 N–H and O–H groups in total. The van der Waals surface area contributed by atoms with Gasteiger partial charge in [0, 0.05) is 5.97 Å². The van der Waals surface area contributed by atoms with Crippen molar-refractivity contribution in [3.8, 4) is 12.1 Å². The van der Waals surface area contributed by atoms with E-state index in [1.54, 1.807) is 60.7 Å². The van der Waals surface area contributed by atoms with Gasteiger partial charge in [0.15, 0.2) is 14.3 Å². The Morgan fingerprint density at radius 1 is 0.435 bits per heavy atom. The minimum Gasteiger partial charge on any atom is -0.775 e. The Hall–Kier alpha value is -8.99. The fourth-order valence-electron chi connectivity index (χ4n) is 8.17. The highest BCUT2D eigenvalue weighted by atomic mass is 127. The van der Waals surface area contributed by atoms with E-state index in [9.17, 15) is 0 Å². The van der Waals surface area contributed by atoms with E-state index in [2.05, 4.69) is 200 Å². The van der Waals surface area contributed by atoms with Crippen LogP contribution in [-0.2, 0) is 26.5 Å². The molecule has 0 saturated carbocycles. The summed E-state index contributed by atoms with van der Waals surface area (Å²) in [4.78, 5) is 21.6. The maximum absolute atomic E-state index is 8.97. The average Bonchev–Trinajstić information content (AvgIpc) is 3.92. The number of aliphatic carboxylic acids is 1. The number of carbonyl (C=O) groups is 1. The lowest BCUT2D eigenvalue weighted by atomic mass is 9.87. The minimum absolute atomic E-state index is 0. The molecule has 6 aromatic carbocycles. The van der Waals surface area contributed by atoms with Crippen LogP contribution in [0.25, 0.3) is 52.5 Å². The number of carboxylic acids is 1. The molecule has 0 saturated heterocycles. The molecule has 0 atom stereocenters. The number of benzene rings is 6. The molecule has 0 heterocycles. The number of carbonyl (C=O) groups excluding carboxylic acids is 1. The zero-order valence-electron chi connectivity index (χ0n) is 50.7. The minimum atomic E-state index is -1.08. The van der Waals surface area contributed by atoms with Gasteiger partial charge in [-0.05, 0) is 144 Å². The zero-order valence-corrected chi connectivity index (χ0v) is 55.0. The summed E-state index contributed by atoms with van der Waals surface area (Å²) in [7, 11) is 0. The van der Waals surface area contributed by atoms with Crippen LogP contribution in [0.4, 0.5) is 0 Å². The lowest BCUT2D eigenvalue weighted by molar-refractivity contribution is -0.597. The van der Waals surface area contributed by atoms with Crippen molar-refractivity contribution in [2.24, 2.45) is 0 Å². The van der Waals surface area contributed by atoms with Gasteiger partial charge in [-0.15, -0.1) is 0 Å². The van der Waals surface area contributed by atoms with E-state index in [1.165, 1.54) is 36.5 Å². The van der Waals surface area contributed by atoms with Crippen LogP contribution in [0.15, 0.2) is 181 Å². The first-order valence-electron chi connectivity index (χ1n) is 26.4. The number of rotatable bonds is 6. The van der Waals surface area contributed by atoms with Crippen LogP contribution >= 0.6 is 0 Å². The maximum Gasteiger partial charge on any atom is 0.357 e. The van der Waals surface area contributed by atoms with Crippen molar-refractivity contribution in [3.63, 3.8) is 0 Å². The van der Waals surface area contributed by atoms with Crippen LogP contribution in [0.3, 0.4) is 0 Å². The molecule has 8 rings (SSSR count). The van der Waals surface area contributed by atoms with Gasteiger partial charge < -0.3 is 26.9 Å². The van der Waals surface area contributed by atoms with Crippen LogP contribution < -0.4 is 53.7 Å². The predicted molar refractivity (Wildman–Crippen MR) is 336 cm³/mol. The van der Waals surface area contributed by atoms with Gasteiger partial charge in [0.25, 0.3) is 11.4 Å². The van der Waals surface area contributed by atoms with Gasteiger partial charge >= 0.3 is 42.4 Å². The normalized spacial score (nSPS) is 12.7. The van der Waals surface area contributed by atoms with Crippen molar-refractivity contribution in [1.29, 1.82) is 10.5 Å². The Balaban J connectivity index is 0.000000289. The molecule has 0 bridgehead atoms. The molecule has 428 valence electrons. The van der Waals surface area contributed by atoms with Crippen molar-refractivity contribution < 1.29 is 52.3 Å². The van der Waals surface area contributed by atoms with Crippen molar-refractivity contribution in [2.75, 3.05) is 0 Å². The SMILES string of the molecule is CC(=O)[O-].CC(C)(C)c1ccc([I+]c2ccc(C(C)(C)C)cc2)cc1.CC(C)(C)c1ccc([I+]c2ccc(C(C)(C)C)cc2)cc1.[C-]#[N+]C(=C=[N-])C1=C/C(=C(\C#N)[N+]#[C-])c2ccccc21.[C-]#[N+]C(=C=[N-])C1=C/C(=C(\C#N)[N+]#[C-])c2ccccc21.[NH4+]. The number of hydrogen-bond acceptors (Lipinski definition) is 4. The van der Waals surface area contributed by atoms with Gasteiger partial charge in [-0.25, -0.2) is 29.9 Å². The summed E-state index contributed by atoms with van der Waals surface area (Å²) in [6.07, 6.45) is 3.13.